The number of nitrogens with one attached hydrogen (secondary N) is 1. The molecule has 1 N–H and O–H groups in total. The van der Waals surface area contributed by atoms with E-state index in [1.807, 2.05) is 26.0 Å². The maximum Gasteiger partial charge on any atom is 0.241 e. The predicted molar refractivity (Wildman–Crippen MR) is 121 cm³/mol. The van der Waals surface area contributed by atoms with E-state index in [-0.39, 0.29) is 16.7 Å². The first-order valence-corrected chi connectivity index (χ1v) is 12.5. The highest BCUT2D eigenvalue weighted by Crippen LogP contribution is 2.42. The van der Waals surface area contributed by atoms with Gasteiger partial charge in [-0.15, -0.1) is 0 Å². The van der Waals surface area contributed by atoms with Crippen molar-refractivity contribution in [3.63, 3.8) is 0 Å². The van der Waals surface area contributed by atoms with Gasteiger partial charge in [-0.05, 0) is 62.9 Å². The Bertz CT molecular complexity index is 1190. The summed E-state index contributed by atoms with van der Waals surface area (Å²) < 4.78 is 40.9. The van der Waals surface area contributed by atoms with Gasteiger partial charge in [0.1, 0.15) is 17.1 Å². The summed E-state index contributed by atoms with van der Waals surface area (Å²) in [5, 5.41) is 0. The van der Waals surface area contributed by atoms with Crippen LogP contribution in [0.4, 0.5) is 5.69 Å². The van der Waals surface area contributed by atoms with Crippen LogP contribution in [0.1, 0.15) is 50.3 Å². The average Bonchev–Trinajstić information content (AvgIpc) is 3.50. The summed E-state index contributed by atoms with van der Waals surface area (Å²) >= 11 is 0. The molecule has 1 atom stereocenters. The van der Waals surface area contributed by atoms with Gasteiger partial charge in [0.2, 0.25) is 15.9 Å². The molecule has 1 fully saturated rings. The first-order valence-electron chi connectivity index (χ1n) is 11.0. The topological polar surface area (TPSA) is 84.9 Å². The van der Waals surface area contributed by atoms with Crippen LogP contribution >= 0.6 is 0 Å². The van der Waals surface area contributed by atoms with Crippen LogP contribution in [0.5, 0.6) is 11.5 Å². The molecule has 0 saturated heterocycles. The SMILES string of the molecule is COc1ccc2c(c1)OC(C)(C)C[C@@H]2NS(=O)(=O)c1ccc2c(c1)CCN2C(=O)C1CC1. The predicted octanol–water partition coefficient (Wildman–Crippen LogP) is 3.58. The van der Waals surface area contributed by atoms with Crippen molar-refractivity contribution in [1.29, 1.82) is 0 Å². The molecule has 1 amide bonds. The Labute approximate surface area is 188 Å². The third kappa shape index (κ3) is 3.86. The monoisotopic (exact) mass is 456 g/mol. The molecule has 8 heteroatoms. The van der Waals surface area contributed by atoms with Crippen LogP contribution in [0.25, 0.3) is 0 Å². The van der Waals surface area contributed by atoms with Crippen LogP contribution in [-0.2, 0) is 21.2 Å². The highest BCUT2D eigenvalue weighted by molar-refractivity contribution is 7.89. The molecule has 170 valence electrons. The minimum absolute atomic E-state index is 0.140. The number of hydrogen-bond donors (Lipinski definition) is 1. The molecule has 0 aromatic heterocycles. The zero-order chi connectivity index (χ0) is 22.7. The maximum atomic E-state index is 13.3. The summed E-state index contributed by atoms with van der Waals surface area (Å²) in [6, 6.07) is 10.1. The van der Waals surface area contributed by atoms with Crippen molar-refractivity contribution < 1.29 is 22.7 Å². The fourth-order valence-electron chi connectivity index (χ4n) is 4.64. The van der Waals surface area contributed by atoms with E-state index in [4.69, 9.17) is 9.47 Å². The number of rotatable bonds is 5. The second-order valence-corrected chi connectivity index (χ2v) is 11.2. The molecule has 0 spiro atoms. The molecule has 5 rings (SSSR count). The molecule has 32 heavy (non-hydrogen) atoms. The largest absolute Gasteiger partial charge is 0.497 e. The lowest BCUT2D eigenvalue weighted by atomic mass is 9.90. The average molecular weight is 457 g/mol. The molecule has 2 aliphatic heterocycles. The minimum Gasteiger partial charge on any atom is -0.497 e. The molecule has 0 radical (unpaired) electrons. The van der Waals surface area contributed by atoms with Gasteiger partial charge in [-0.3, -0.25) is 4.79 Å². The van der Waals surface area contributed by atoms with Gasteiger partial charge >= 0.3 is 0 Å². The second kappa shape index (κ2) is 7.49. The smallest absolute Gasteiger partial charge is 0.241 e. The van der Waals surface area contributed by atoms with E-state index in [0.717, 1.165) is 29.7 Å². The Morgan fingerprint density at radius 3 is 2.69 bits per heavy atom. The standard InChI is InChI=1S/C24H28N2O5S/c1-24(2)14-20(19-8-6-17(30-3)13-22(19)31-24)25-32(28,29)18-7-9-21-16(12-18)10-11-26(21)23(27)15-4-5-15/h6-9,12-13,15,20,25H,4-5,10-11,14H2,1-3H3/t20-/m0/s1. The number of amides is 1. The summed E-state index contributed by atoms with van der Waals surface area (Å²) in [6.07, 6.45) is 3.08. The van der Waals surface area contributed by atoms with Crippen LogP contribution in [-0.4, -0.2) is 33.6 Å². The van der Waals surface area contributed by atoms with E-state index in [1.54, 1.807) is 36.3 Å². The summed E-state index contributed by atoms with van der Waals surface area (Å²) in [6.45, 7) is 4.50. The molecule has 1 saturated carbocycles. The summed E-state index contributed by atoms with van der Waals surface area (Å²) in [5.41, 5.74) is 2.00. The van der Waals surface area contributed by atoms with Crippen molar-refractivity contribution in [2.24, 2.45) is 5.92 Å². The highest BCUT2D eigenvalue weighted by Gasteiger charge is 2.38. The van der Waals surface area contributed by atoms with Gasteiger partial charge < -0.3 is 14.4 Å². The maximum absolute atomic E-state index is 13.3. The Morgan fingerprint density at radius 1 is 1.19 bits per heavy atom. The molecule has 1 aliphatic carbocycles. The lowest BCUT2D eigenvalue weighted by Crippen LogP contribution is -2.41. The van der Waals surface area contributed by atoms with E-state index in [1.165, 1.54) is 0 Å². The summed E-state index contributed by atoms with van der Waals surface area (Å²) in [7, 11) is -2.19. The zero-order valence-corrected chi connectivity index (χ0v) is 19.4. The van der Waals surface area contributed by atoms with Crippen LogP contribution in [0.3, 0.4) is 0 Å². The Balaban J connectivity index is 1.42. The van der Waals surface area contributed by atoms with Crippen molar-refractivity contribution in [1.82, 2.24) is 4.72 Å². The van der Waals surface area contributed by atoms with E-state index >= 15 is 0 Å². The first-order chi connectivity index (χ1) is 15.2. The van der Waals surface area contributed by atoms with Gasteiger partial charge in [-0.1, -0.05) is 6.07 Å². The van der Waals surface area contributed by atoms with E-state index < -0.39 is 21.7 Å². The fraction of sp³-hybridized carbons (Fsp3) is 0.458. The number of hydrogen-bond acceptors (Lipinski definition) is 5. The molecule has 0 unspecified atom stereocenters. The number of carbonyl (C=O) groups excluding carboxylic acids is 1. The van der Waals surface area contributed by atoms with Gasteiger partial charge in [0.05, 0.1) is 18.0 Å². The number of nitrogens with zero attached hydrogens (tertiary/aromatic N) is 1. The van der Waals surface area contributed by atoms with Crippen LogP contribution < -0.4 is 19.1 Å². The zero-order valence-electron chi connectivity index (χ0n) is 18.6. The van der Waals surface area contributed by atoms with Crippen molar-refractivity contribution in [2.75, 3.05) is 18.6 Å². The van der Waals surface area contributed by atoms with Gasteiger partial charge in [0.15, 0.2) is 0 Å². The minimum atomic E-state index is -3.77. The molecule has 2 heterocycles. The number of fused-ring (bicyclic) bond motifs is 2. The van der Waals surface area contributed by atoms with Crippen LogP contribution in [0.2, 0.25) is 0 Å². The first kappa shape index (κ1) is 21.3. The van der Waals surface area contributed by atoms with Gasteiger partial charge in [-0.2, -0.15) is 0 Å². The van der Waals surface area contributed by atoms with E-state index in [9.17, 15) is 13.2 Å². The van der Waals surface area contributed by atoms with Crippen LogP contribution in [0, 0.1) is 5.92 Å². The summed E-state index contributed by atoms with van der Waals surface area (Å²) in [5.74, 6) is 1.58. The number of carbonyl (C=O) groups is 1. The molecule has 0 bridgehead atoms. The lowest BCUT2D eigenvalue weighted by molar-refractivity contribution is -0.119. The van der Waals surface area contributed by atoms with Gasteiger partial charge in [0.25, 0.3) is 0 Å². The lowest BCUT2D eigenvalue weighted by Gasteiger charge is -2.37. The number of methoxy groups -OCH3 is 1. The Morgan fingerprint density at radius 2 is 1.97 bits per heavy atom. The molecule has 7 nitrogen and oxygen atoms in total. The number of sulfonamides is 1. The van der Waals surface area contributed by atoms with Gasteiger partial charge in [-0.25, -0.2) is 13.1 Å². The molecular weight excluding hydrogens is 428 g/mol. The molecule has 2 aromatic carbocycles. The van der Waals surface area contributed by atoms with Crippen molar-refractivity contribution in [3.05, 3.63) is 47.5 Å². The van der Waals surface area contributed by atoms with Crippen LogP contribution in [0.15, 0.2) is 41.3 Å². The molecule has 3 aliphatic rings. The number of anilines is 1. The van der Waals surface area contributed by atoms with Crippen molar-refractivity contribution >= 4 is 21.6 Å². The van der Waals surface area contributed by atoms with Crippen molar-refractivity contribution in [3.8, 4) is 11.5 Å². The summed E-state index contributed by atoms with van der Waals surface area (Å²) in [4.78, 5) is 14.5. The highest BCUT2D eigenvalue weighted by atomic mass is 32.2. The number of ether oxygens (including phenoxy) is 2. The molecule has 2 aromatic rings. The Kier molecular flexibility index (Phi) is 4.98. The van der Waals surface area contributed by atoms with E-state index in [2.05, 4.69) is 4.72 Å². The normalized spacial score (nSPS) is 21.5. The molecular formula is C24H28N2O5S. The fourth-order valence-corrected chi connectivity index (χ4v) is 5.91. The third-order valence-electron chi connectivity index (χ3n) is 6.42. The third-order valence-corrected chi connectivity index (χ3v) is 7.89. The van der Waals surface area contributed by atoms with Crippen molar-refractivity contribution in [2.45, 2.75) is 56.1 Å². The quantitative estimate of drug-likeness (QED) is 0.744. The van der Waals surface area contributed by atoms with Gasteiger partial charge in [0, 0.05) is 36.2 Å². The number of benzene rings is 2. The van der Waals surface area contributed by atoms with E-state index in [0.29, 0.717) is 30.9 Å². The second-order valence-electron chi connectivity index (χ2n) is 9.45. The Hall–Kier alpha value is -2.58.